The van der Waals surface area contributed by atoms with E-state index in [9.17, 15) is 14.4 Å². The maximum absolute atomic E-state index is 11.8. The Kier molecular flexibility index (Phi) is 5.52. The molecule has 0 aliphatic heterocycles. The van der Waals surface area contributed by atoms with E-state index in [0.29, 0.717) is 10.6 Å². The van der Waals surface area contributed by atoms with Crippen molar-refractivity contribution < 1.29 is 19.5 Å². The van der Waals surface area contributed by atoms with E-state index in [4.69, 9.17) is 16.7 Å². The van der Waals surface area contributed by atoms with Gasteiger partial charge in [0.1, 0.15) is 12.1 Å². The molecule has 0 aromatic heterocycles. The molecule has 3 N–H and O–H groups in total. The number of carbonyl (C=O) groups is 3. The molecule has 0 aliphatic carbocycles. The van der Waals surface area contributed by atoms with E-state index in [0.717, 1.165) is 0 Å². The van der Waals surface area contributed by atoms with Gasteiger partial charge < -0.3 is 15.7 Å². The first kappa shape index (κ1) is 16.0. The van der Waals surface area contributed by atoms with Crippen molar-refractivity contribution >= 4 is 29.4 Å². The van der Waals surface area contributed by atoms with Gasteiger partial charge in [0, 0.05) is 10.6 Å². The van der Waals surface area contributed by atoms with Crippen LogP contribution in [0.25, 0.3) is 0 Å². The van der Waals surface area contributed by atoms with Gasteiger partial charge in [-0.3, -0.25) is 14.4 Å². The first-order valence-electron chi connectivity index (χ1n) is 5.91. The summed E-state index contributed by atoms with van der Waals surface area (Å²) >= 11 is 5.71. The normalized spacial score (nSPS) is 13.2. The second-order valence-corrected chi connectivity index (χ2v) is 4.71. The molecular weight excluding hydrogens is 284 g/mol. The smallest absolute Gasteiger partial charge is 0.325 e. The number of amides is 2. The van der Waals surface area contributed by atoms with E-state index >= 15 is 0 Å². The van der Waals surface area contributed by atoms with Gasteiger partial charge in [0.05, 0.1) is 0 Å². The minimum atomic E-state index is -1.14. The molecule has 0 saturated heterocycles. The Labute approximate surface area is 121 Å². The number of rotatable bonds is 5. The number of nitrogens with one attached hydrogen (secondary N) is 2. The van der Waals surface area contributed by atoms with Crippen molar-refractivity contribution in [2.75, 3.05) is 0 Å². The second-order valence-electron chi connectivity index (χ2n) is 4.27. The van der Waals surface area contributed by atoms with Gasteiger partial charge in [-0.05, 0) is 38.1 Å². The minimum Gasteiger partial charge on any atom is -0.480 e. The highest BCUT2D eigenvalue weighted by atomic mass is 35.5. The SMILES string of the molecule is CC(NC(=O)c1ccc(Cl)cc1)C(=O)N[C@H](C)C(=O)O. The largest absolute Gasteiger partial charge is 0.480 e. The number of halogens is 1. The van der Waals surface area contributed by atoms with Gasteiger partial charge >= 0.3 is 5.97 Å². The van der Waals surface area contributed by atoms with E-state index in [-0.39, 0.29) is 0 Å². The molecule has 108 valence electrons. The monoisotopic (exact) mass is 298 g/mol. The van der Waals surface area contributed by atoms with Crippen LogP contribution >= 0.6 is 11.6 Å². The average Bonchev–Trinajstić information content (AvgIpc) is 2.38. The fraction of sp³-hybridized carbons (Fsp3) is 0.308. The minimum absolute atomic E-state index is 0.361. The summed E-state index contributed by atoms with van der Waals surface area (Å²) in [5.41, 5.74) is 0.361. The van der Waals surface area contributed by atoms with E-state index in [1.165, 1.54) is 26.0 Å². The highest BCUT2D eigenvalue weighted by molar-refractivity contribution is 6.30. The van der Waals surface area contributed by atoms with Crippen LogP contribution < -0.4 is 10.6 Å². The average molecular weight is 299 g/mol. The van der Waals surface area contributed by atoms with Crippen molar-refractivity contribution in [3.8, 4) is 0 Å². The molecule has 1 aromatic carbocycles. The lowest BCUT2D eigenvalue weighted by atomic mass is 10.2. The first-order chi connectivity index (χ1) is 9.31. The predicted octanol–water partition coefficient (Wildman–Crippen LogP) is 1.05. The highest BCUT2D eigenvalue weighted by Crippen LogP contribution is 2.09. The Morgan fingerprint density at radius 1 is 1.05 bits per heavy atom. The molecule has 0 saturated carbocycles. The Morgan fingerprint density at radius 2 is 1.60 bits per heavy atom. The molecule has 1 aromatic rings. The van der Waals surface area contributed by atoms with Crippen molar-refractivity contribution in [1.82, 2.24) is 10.6 Å². The summed E-state index contributed by atoms with van der Waals surface area (Å²) in [5.74, 6) is -2.15. The number of hydrogen-bond donors (Lipinski definition) is 3. The zero-order chi connectivity index (χ0) is 15.3. The molecule has 0 bridgehead atoms. The maximum atomic E-state index is 11.8. The third-order valence-corrected chi connectivity index (χ3v) is 2.83. The molecule has 7 heteroatoms. The molecule has 0 fully saturated rings. The quantitative estimate of drug-likeness (QED) is 0.757. The van der Waals surface area contributed by atoms with Crippen molar-refractivity contribution in [3.63, 3.8) is 0 Å². The summed E-state index contributed by atoms with van der Waals surface area (Å²) in [4.78, 5) is 34.1. The van der Waals surface area contributed by atoms with Crippen molar-refractivity contribution in [2.24, 2.45) is 0 Å². The van der Waals surface area contributed by atoms with Crippen molar-refractivity contribution in [1.29, 1.82) is 0 Å². The van der Waals surface area contributed by atoms with Crippen LogP contribution in [0.1, 0.15) is 24.2 Å². The van der Waals surface area contributed by atoms with Crippen molar-refractivity contribution in [2.45, 2.75) is 25.9 Å². The molecular formula is C13H15ClN2O4. The highest BCUT2D eigenvalue weighted by Gasteiger charge is 2.20. The number of hydrogen-bond acceptors (Lipinski definition) is 3. The van der Waals surface area contributed by atoms with Crippen LogP contribution in [0.15, 0.2) is 24.3 Å². The van der Waals surface area contributed by atoms with Crippen molar-refractivity contribution in [3.05, 3.63) is 34.9 Å². The molecule has 1 unspecified atom stereocenters. The molecule has 0 heterocycles. The second kappa shape index (κ2) is 6.91. The summed E-state index contributed by atoms with van der Waals surface area (Å²) in [6, 6.07) is 4.32. The Hall–Kier alpha value is -2.08. The lowest BCUT2D eigenvalue weighted by Crippen LogP contribution is -2.49. The summed E-state index contributed by atoms with van der Waals surface area (Å²) in [7, 11) is 0. The topological polar surface area (TPSA) is 95.5 Å². The standard InChI is InChI=1S/C13H15ClN2O4/c1-7(11(17)16-8(2)13(19)20)15-12(18)9-3-5-10(14)6-4-9/h3-8H,1-2H3,(H,15,18)(H,16,17)(H,19,20)/t7?,8-/m1/s1. The molecule has 1 rings (SSSR count). The summed E-state index contributed by atoms with van der Waals surface area (Å²) < 4.78 is 0. The molecule has 2 atom stereocenters. The number of carboxylic acids is 1. The van der Waals surface area contributed by atoms with Gasteiger partial charge in [0.25, 0.3) is 5.91 Å². The summed E-state index contributed by atoms with van der Waals surface area (Å²) in [6.45, 7) is 2.81. The van der Waals surface area contributed by atoms with Crippen LogP contribution in [0.2, 0.25) is 5.02 Å². The van der Waals surface area contributed by atoms with Gasteiger partial charge in [-0.15, -0.1) is 0 Å². The fourth-order valence-corrected chi connectivity index (χ4v) is 1.47. The lowest BCUT2D eigenvalue weighted by molar-refractivity contribution is -0.141. The predicted molar refractivity (Wildman–Crippen MR) is 73.6 cm³/mol. The van der Waals surface area contributed by atoms with E-state index in [2.05, 4.69) is 10.6 Å². The van der Waals surface area contributed by atoms with Crippen LogP contribution in [-0.4, -0.2) is 35.0 Å². The zero-order valence-corrected chi connectivity index (χ0v) is 11.8. The first-order valence-corrected chi connectivity index (χ1v) is 6.28. The molecule has 2 amide bonds. The lowest BCUT2D eigenvalue weighted by Gasteiger charge is -2.16. The maximum Gasteiger partial charge on any atom is 0.325 e. The fourth-order valence-electron chi connectivity index (χ4n) is 1.35. The summed E-state index contributed by atoms with van der Waals surface area (Å²) in [5, 5.41) is 13.9. The van der Waals surface area contributed by atoms with E-state index in [1.54, 1.807) is 12.1 Å². The number of carboxylic acid groups (broad SMARTS) is 1. The molecule has 20 heavy (non-hydrogen) atoms. The van der Waals surface area contributed by atoms with Crippen LogP contribution in [0.4, 0.5) is 0 Å². The number of carbonyl (C=O) groups excluding carboxylic acids is 2. The van der Waals surface area contributed by atoms with Gasteiger partial charge in [-0.1, -0.05) is 11.6 Å². The number of benzene rings is 1. The van der Waals surface area contributed by atoms with Gasteiger partial charge in [-0.25, -0.2) is 0 Å². The third-order valence-electron chi connectivity index (χ3n) is 2.58. The molecule has 0 radical (unpaired) electrons. The molecule has 0 spiro atoms. The molecule has 6 nitrogen and oxygen atoms in total. The molecule has 0 aliphatic rings. The van der Waals surface area contributed by atoms with Crippen LogP contribution in [0, 0.1) is 0 Å². The van der Waals surface area contributed by atoms with Crippen LogP contribution in [0.5, 0.6) is 0 Å². The number of aliphatic carboxylic acids is 1. The Balaban J connectivity index is 2.59. The Bertz CT molecular complexity index is 516. The van der Waals surface area contributed by atoms with Crippen LogP contribution in [-0.2, 0) is 9.59 Å². The van der Waals surface area contributed by atoms with E-state index < -0.39 is 29.9 Å². The summed E-state index contributed by atoms with van der Waals surface area (Å²) in [6.07, 6.45) is 0. The van der Waals surface area contributed by atoms with Gasteiger partial charge in [-0.2, -0.15) is 0 Å². The zero-order valence-electron chi connectivity index (χ0n) is 11.0. The van der Waals surface area contributed by atoms with Gasteiger partial charge in [0.2, 0.25) is 5.91 Å². The van der Waals surface area contributed by atoms with E-state index in [1.807, 2.05) is 0 Å². The Morgan fingerprint density at radius 3 is 2.10 bits per heavy atom. The third kappa shape index (κ3) is 4.55. The van der Waals surface area contributed by atoms with Crippen LogP contribution in [0.3, 0.4) is 0 Å². The van der Waals surface area contributed by atoms with Gasteiger partial charge in [0.15, 0.2) is 0 Å².